The summed E-state index contributed by atoms with van der Waals surface area (Å²) in [6.45, 7) is 1.87. The molecule has 0 radical (unpaired) electrons. The minimum absolute atomic E-state index is 0.0246. The van der Waals surface area contributed by atoms with E-state index in [0.29, 0.717) is 5.56 Å². The summed E-state index contributed by atoms with van der Waals surface area (Å²) in [5.41, 5.74) is 7.27. The molecule has 3 nitrogen and oxygen atoms in total. The van der Waals surface area contributed by atoms with Crippen molar-refractivity contribution < 1.29 is 12.8 Å². The molecule has 1 unspecified atom stereocenters. The van der Waals surface area contributed by atoms with Crippen molar-refractivity contribution in [2.45, 2.75) is 17.1 Å². The van der Waals surface area contributed by atoms with Gasteiger partial charge in [0.2, 0.25) is 0 Å². The molecule has 0 aliphatic carbocycles. The highest BCUT2D eigenvalue weighted by Gasteiger charge is 2.27. The number of halogens is 1. The van der Waals surface area contributed by atoms with E-state index in [9.17, 15) is 12.8 Å². The fourth-order valence-electron chi connectivity index (χ4n) is 2.10. The topological polar surface area (TPSA) is 60.2 Å². The molecule has 1 atom stereocenters. The largest absolute Gasteiger partial charge is 0.329 e. The lowest BCUT2D eigenvalue weighted by molar-refractivity contribution is 0.581. The summed E-state index contributed by atoms with van der Waals surface area (Å²) >= 11 is 0. The summed E-state index contributed by atoms with van der Waals surface area (Å²) in [6.07, 6.45) is 0. The van der Waals surface area contributed by atoms with Gasteiger partial charge in [0.25, 0.3) is 0 Å². The molecule has 0 aliphatic heterocycles. The number of rotatable bonds is 4. The molecule has 0 spiro atoms. The summed E-state index contributed by atoms with van der Waals surface area (Å²) in [6, 6.07) is 12.0. The SMILES string of the molecule is Cc1cccc(C(CN)S(=O)(=O)c2ccc(F)cc2)c1. The van der Waals surface area contributed by atoms with Crippen LogP contribution in [-0.4, -0.2) is 15.0 Å². The van der Waals surface area contributed by atoms with Gasteiger partial charge in [-0.15, -0.1) is 0 Å². The first-order valence-electron chi connectivity index (χ1n) is 6.21. The van der Waals surface area contributed by atoms with Crippen LogP contribution in [0.3, 0.4) is 0 Å². The standard InChI is InChI=1S/C15H16FNO2S/c1-11-3-2-4-12(9-11)15(10-17)20(18,19)14-7-5-13(16)6-8-14/h2-9,15H,10,17H2,1H3. The maximum Gasteiger partial charge on any atom is 0.186 e. The molecule has 0 saturated heterocycles. The summed E-state index contributed by atoms with van der Waals surface area (Å²) in [4.78, 5) is 0.0795. The Morgan fingerprint density at radius 1 is 1.15 bits per heavy atom. The van der Waals surface area contributed by atoms with Crippen LogP contribution in [0.15, 0.2) is 53.4 Å². The maximum atomic E-state index is 12.9. The van der Waals surface area contributed by atoms with Gasteiger partial charge in [0.15, 0.2) is 9.84 Å². The number of nitrogens with two attached hydrogens (primary N) is 1. The molecule has 20 heavy (non-hydrogen) atoms. The van der Waals surface area contributed by atoms with Crippen LogP contribution in [0, 0.1) is 12.7 Å². The van der Waals surface area contributed by atoms with Gasteiger partial charge in [0, 0.05) is 6.54 Å². The van der Waals surface area contributed by atoms with Gasteiger partial charge in [-0.2, -0.15) is 0 Å². The maximum absolute atomic E-state index is 12.9. The van der Waals surface area contributed by atoms with E-state index in [0.717, 1.165) is 17.7 Å². The Morgan fingerprint density at radius 2 is 1.80 bits per heavy atom. The van der Waals surface area contributed by atoms with Crippen molar-refractivity contribution in [3.63, 3.8) is 0 Å². The van der Waals surface area contributed by atoms with Gasteiger partial charge in [0.1, 0.15) is 11.1 Å². The van der Waals surface area contributed by atoms with Crippen LogP contribution < -0.4 is 5.73 Å². The lowest BCUT2D eigenvalue weighted by Gasteiger charge is -2.17. The molecular weight excluding hydrogens is 277 g/mol. The van der Waals surface area contributed by atoms with Gasteiger partial charge >= 0.3 is 0 Å². The van der Waals surface area contributed by atoms with E-state index < -0.39 is 20.9 Å². The summed E-state index contributed by atoms with van der Waals surface area (Å²) in [7, 11) is -3.63. The quantitative estimate of drug-likeness (QED) is 0.881. The van der Waals surface area contributed by atoms with Gasteiger partial charge in [-0.05, 0) is 36.8 Å². The van der Waals surface area contributed by atoms with Crippen molar-refractivity contribution in [2.24, 2.45) is 5.73 Å². The van der Waals surface area contributed by atoms with Gasteiger partial charge in [-0.1, -0.05) is 29.8 Å². The minimum Gasteiger partial charge on any atom is -0.329 e. The number of sulfone groups is 1. The minimum atomic E-state index is -3.63. The van der Waals surface area contributed by atoms with Crippen molar-refractivity contribution in [1.29, 1.82) is 0 Å². The average Bonchev–Trinajstić information content (AvgIpc) is 2.40. The molecule has 0 saturated carbocycles. The molecule has 2 aromatic carbocycles. The Balaban J connectivity index is 2.47. The monoisotopic (exact) mass is 293 g/mol. The zero-order valence-electron chi connectivity index (χ0n) is 11.1. The number of hydrogen-bond donors (Lipinski definition) is 1. The molecule has 0 fully saturated rings. The van der Waals surface area contributed by atoms with Crippen molar-refractivity contribution in [2.75, 3.05) is 6.54 Å². The molecule has 5 heteroatoms. The first-order chi connectivity index (χ1) is 9.45. The highest BCUT2D eigenvalue weighted by molar-refractivity contribution is 7.91. The zero-order valence-corrected chi connectivity index (χ0v) is 11.9. The Hall–Kier alpha value is -1.72. The molecule has 106 valence electrons. The summed E-state index contributed by atoms with van der Waals surface area (Å²) in [5, 5.41) is -0.826. The fraction of sp³-hybridized carbons (Fsp3) is 0.200. The van der Waals surface area contributed by atoms with Crippen molar-refractivity contribution in [3.8, 4) is 0 Å². The summed E-state index contributed by atoms with van der Waals surface area (Å²) in [5.74, 6) is -0.469. The van der Waals surface area contributed by atoms with Gasteiger partial charge in [-0.3, -0.25) is 0 Å². The number of hydrogen-bond acceptors (Lipinski definition) is 3. The highest BCUT2D eigenvalue weighted by Crippen LogP contribution is 2.28. The first kappa shape index (κ1) is 14.7. The molecule has 2 aromatic rings. The molecule has 2 N–H and O–H groups in total. The second kappa shape index (κ2) is 5.73. The normalized spacial score (nSPS) is 13.2. The van der Waals surface area contributed by atoms with E-state index in [-0.39, 0.29) is 11.4 Å². The van der Waals surface area contributed by atoms with Crippen molar-refractivity contribution in [3.05, 3.63) is 65.5 Å². The van der Waals surface area contributed by atoms with Crippen LogP contribution in [-0.2, 0) is 9.84 Å². The van der Waals surface area contributed by atoms with E-state index in [1.165, 1.54) is 12.1 Å². The molecule has 2 rings (SSSR count). The molecule has 0 amide bonds. The second-order valence-electron chi connectivity index (χ2n) is 4.64. The molecule has 0 aromatic heterocycles. The number of benzene rings is 2. The van der Waals surface area contributed by atoms with E-state index in [1.54, 1.807) is 18.2 Å². The Kier molecular flexibility index (Phi) is 4.20. The van der Waals surface area contributed by atoms with Gasteiger partial charge < -0.3 is 5.73 Å². The van der Waals surface area contributed by atoms with Crippen LogP contribution in [0.2, 0.25) is 0 Å². The molecule has 0 bridgehead atoms. The van der Waals surface area contributed by atoms with E-state index >= 15 is 0 Å². The number of aryl methyl sites for hydroxylation is 1. The van der Waals surface area contributed by atoms with Crippen LogP contribution in [0.1, 0.15) is 16.4 Å². The lowest BCUT2D eigenvalue weighted by Crippen LogP contribution is -2.22. The third-order valence-corrected chi connectivity index (χ3v) is 5.29. The molecular formula is C15H16FNO2S. The van der Waals surface area contributed by atoms with Crippen LogP contribution in [0.4, 0.5) is 4.39 Å². The Bertz CT molecular complexity index is 696. The third-order valence-electron chi connectivity index (χ3n) is 3.14. The van der Waals surface area contributed by atoms with E-state index in [1.807, 2.05) is 13.0 Å². The lowest BCUT2D eigenvalue weighted by atomic mass is 10.1. The molecule has 0 aliphatic rings. The van der Waals surface area contributed by atoms with Crippen LogP contribution in [0.5, 0.6) is 0 Å². The predicted octanol–water partition coefficient (Wildman–Crippen LogP) is 2.61. The Morgan fingerprint density at radius 3 is 2.35 bits per heavy atom. The highest BCUT2D eigenvalue weighted by atomic mass is 32.2. The first-order valence-corrected chi connectivity index (χ1v) is 7.76. The molecule has 0 heterocycles. The van der Waals surface area contributed by atoms with Crippen molar-refractivity contribution >= 4 is 9.84 Å². The van der Waals surface area contributed by atoms with E-state index in [2.05, 4.69) is 0 Å². The van der Waals surface area contributed by atoms with Gasteiger partial charge in [0.05, 0.1) is 4.90 Å². The van der Waals surface area contributed by atoms with Crippen LogP contribution >= 0.6 is 0 Å². The Labute approximate surface area is 118 Å². The zero-order chi connectivity index (χ0) is 14.8. The average molecular weight is 293 g/mol. The predicted molar refractivity (Wildman–Crippen MR) is 76.6 cm³/mol. The van der Waals surface area contributed by atoms with Gasteiger partial charge in [-0.25, -0.2) is 12.8 Å². The van der Waals surface area contributed by atoms with Crippen molar-refractivity contribution in [1.82, 2.24) is 0 Å². The summed E-state index contributed by atoms with van der Waals surface area (Å²) < 4.78 is 38.1. The smallest absolute Gasteiger partial charge is 0.186 e. The van der Waals surface area contributed by atoms with E-state index in [4.69, 9.17) is 5.73 Å². The fourth-order valence-corrected chi connectivity index (χ4v) is 3.70. The van der Waals surface area contributed by atoms with Crippen LogP contribution in [0.25, 0.3) is 0 Å². The third kappa shape index (κ3) is 2.89. The second-order valence-corrected chi connectivity index (χ2v) is 6.77.